The first-order valence-corrected chi connectivity index (χ1v) is 10.3. The van der Waals surface area contributed by atoms with Gasteiger partial charge >= 0.3 is 6.18 Å². The highest BCUT2D eigenvalue weighted by atomic mass is 19.4. The van der Waals surface area contributed by atoms with Crippen LogP contribution < -0.4 is 5.32 Å². The summed E-state index contributed by atoms with van der Waals surface area (Å²) in [7, 11) is 0. The van der Waals surface area contributed by atoms with Gasteiger partial charge in [0.2, 0.25) is 0 Å². The molecule has 2 aromatic carbocycles. The number of nitrogens with zero attached hydrogens (tertiary/aromatic N) is 1. The lowest BCUT2D eigenvalue weighted by Crippen LogP contribution is -2.46. The summed E-state index contributed by atoms with van der Waals surface area (Å²) in [5, 5.41) is 13.7. The van der Waals surface area contributed by atoms with Gasteiger partial charge in [0.05, 0.1) is 18.8 Å². The summed E-state index contributed by atoms with van der Waals surface area (Å²) in [5.74, 6) is -0.0374. The third kappa shape index (κ3) is 4.92. The Balaban J connectivity index is 1.25. The summed E-state index contributed by atoms with van der Waals surface area (Å²) in [6, 6.07) is 12.4. The molecule has 8 heteroatoms. The lowest BCUT2D eigenvalue weighted by Gasteiger charge is -2.37. The number of alkyl halides is 3. The normalized spacial score (nSPS) is 19.2. The van der Waals surface area contributed by atoms with Crippen LogP contribution in [0.15, 0.2) is 48.5 Å². The average molecular weight is 434 g/mol. The number of ether oxygens (including phenoxy) is 1. The van der Waals surface area contributed by atoms with Crippen molar-refractivity contribution in [2.24, 2.45) is 0 Å². The summed E-state index contributed by atoms with van der Waals surface area (Å²) in [5.41, 5.74) is 0.542. The van der Waals surface area contributed by atoms with Gasteiger partial charge in [-0.05, 0) is 48.2 Å². The van der Waals surface area contributed by atoms with E-state index in [0.717, 1.165) is 36.1 Å². The predicted octanol–water partition coefficient (Wildman–Crippen LogP) is 3.32. The van der Waals surface area contributed by atoms with Gasteiger partial charge in [-0.2, -0.15) is 13.2 Å². The fourth-order valence-corrected chi connectivity index (χ4v) is 3.93. The molecule has 0 saturated carbocycles. The Bertz CT molecular complexity index is 901. The molecule has 0 aromatic heterocycles. The van der Waals surface area contributed by atoms with E-state index >= 15 is 0 Å². The second-order valence-corrected chi connectivity index (χ2v) is 8.24. The van der Waals surface area contributed by atoms with Gasteiger partial charge in [0.1, 0.15) is 5.60 Å². The van der Waals surface area contributed by atoms with Crippen molar-refractivity contribution in [3.8, 4) is 0 Å². The Morgan fingerprint density at radius 1 is 1.06 bits per heavy atom. The Morgan fingerprint density at radius 2 is 1.68 bits per heavy atom. The number of hydrogen-bond acceptors (Lipinski definition) is 4. The smallest absolute Gasteiger partial charge is 0.380 e. The molecule has 166 valence electrons. The first kappa shape index (κ1) is 21.8. The number of rotatable bonds is 5. The van der Waals surface area contributed by atoms with E-state index in [1.54, 1.807) is 24.3 Å². The first-order chi connectivity index (χ1) is 14.7. The van der Waals surface area contributed by atoms with Crippen molar-refractivity contribution in [1.82, 2.24) is 10.2 Å². The van der Waals surface area contributed by atoms with Crippen molar-refractivity contribution in [2.45, 2.75) is 37.2 Å². The van der Waals surface area contributed by atoms with Crippen LogP contribution in [-0.4, -0.2) is 48.3 Å². The molecule has 0 aliphatic carbocycles. The van der Waals surface area contributed by atoms with E-state index in [-0.39, 0.29) is 25.2 Å². The van der Waals surface area contributed by atoms with E-state index in [1.807, 2.05) is 4.90 Å². The van der Waals surface area contributed by atoms with E-state index in [4.69, 9.17) is 4.74 Å². The standard InChI is InChI=1S/C23H25F3N2O3/c24-23(25,26)19-5-1-16(2-6-19)13-27-20-9-11-28(12-10-20)21(29)17-3-7-18(8-4-17)22(30)14-31-15-22/h1-8,20,27,30H,9-15H2. The van der Waals surface area contributed by atoms with Crippen molar-refractivity contribution in [3.05, 3.63) is 70.8 Å². The summed E-state index contributed by atoms with van der Waals surface area (Å²) in [6.45, 7) is 2.26. The minimum atomic E-state index is -4.32. The lowest BCUT2D eigenvalue weighted by atomic mass is 9.91. The number of halogens is 3. The molecule has 0 spiro atoms. The molecule has 5 nitrogen and oxygen atoms in total. The maximum absolute atomic E-state index is 12.8. The lowest BCUT2D eigenvalue weighted by molar-refractivity contribution is -0.184. The third-order valence-corrected chi connectivity index (χ3v) is 6.01. The molecule has 2 N–H and O–H groups in total. The SMILES string of the molecule is O=C(c1ccc(C2(O)COC2)cc1)N1CCC(NCc2ccc(C(F)(F)F)cc2)CC1. The number of aliphatic hydroxyl groups is 1. The minimum absolute atomic E-state index is 0.0374. The van der Waals surface area contributed by atoms with E-state index in [9.17, 15) is 23.1 Å². The summed E-state index contributed by atoms with van der Waals surface area (Å²) in [6.07, 6.45) is -2.76. The molecule has 2 aliphatic rings. The average Bonchev–Trinajstić information content (AvgIpc) is 2.76. The highest BCUT2D eigenvalue weighted by Crippen LogP contribution is 2.30. The zero-order chi connectivity index (χ0) is 22.1. The second-order valence-electron chi connectivity index (χ2n) is 8.24. The maximum atomic E-state index is 12.8. The van der Waals surface area contributed by atoms with Crippen molar-refractivity contribution in [1.29, 1.82) is 0 Å². The van der Waals surface area contributed by atoms with E-state index in [2.05, 4.69) is 5.32 Å². The molecule has 0 unspecified atom stereocenters. The van der Waals surface area contributed by atoms with Gasteiger partial charge in [-0.1, -0.05) is 24.3 Å². The molecular weight excluding hydrogens is 409 g/mol. The zero-order valence-corrected chi connectivity index (χ0v) is 17.0. The fraction of sp³-hybridized carbons (Fsp3) is 0.435. The number of benzene rings is 2. The summed E-state index contributed by atoms with van der Waals surface area (Å²) < 4.78 is 43.0. The number of piperidine rings is 1. The van der Waals surface area contributed by atoms with Gasteiger partial charge < -0.3 is 20.1 Å². The molecule has 0 radical (unpaired) electrons. The molecule has 2 saturated heterocycles. The van der Waals surface area contributed by atoms with Crippen LogP contribution in [0.1, 0.15) is 39.9 Å². The van der Waals surface area contributed by atoms with Crippen LogP contribution in [-0.2, 0) is 23.1 Å². The molecule has 0 atom stereocenters. The van der Waals surface area contributed by atoms with E-state index in [0.29, 0.717) is 25.2 Å². The van der Waals surface area contributed by atoms with Crippen LogP contribution in [0.5, 0.6) is 0 Å². The number of likely N-dealkylation sites (tertiary alicyclic amines) is 1. The van der Waals surface area contributed by atoms with Crippen LogP contribution >= 0.6 is 0 Å². The van der Waals surface area contributed by atoms with Gasteiger partial charge in [-0.15, -0.1) is 0 Å². The van der Waals surface area contributed by atoms with Gasteiger partial charge in [-0.25, -0.2) is 0 Å². The molecule has 2 aliphatic heterocycles. The topological polar surface area (TPSA) is 61.8 Å². The highest BCUT2D eigenvalue weighted by Gasteiger charge is 2.38. The quantitative estimate of drug-likeness (QED) is 0.758. The van der Waals surface area contributed by atoms with Crippen molar-refractivity contribution >= 4 is 5.91 Å². The van der Waals surface area contributed by atoms with Crippen LogP contribution in [0.25, 0.3) is 0 Å². The molecule has 1 amide bonds. The molecule has 2 aromatic rings. The molecule has 31 heavy (non-hydrogen) atoms. The molecule has 2 fully saturated rings. The summed E-state index contributed by atoms with van der Waals surface area (Å²) in [4.78, 5) is 14.6. The van der Waals surface area contributed by atoms with Crippen LogP contribution in [0, 0.1) is 0 Å². The predicted molar refractivity (Wildman–Crippen MR) is 108 cm³/mol. The first-order valence-electron chi connectivity index (χ1n) is 10.3. The molecular formula is C23H25F3N2O3. The maximum Gasteiger partial charge on any atom is 0.416 e. The number of carbonyl (C=O) groups excluding carboxylic acids is 1. The number of hydrogen-bond donors (Lipinski definition) is 2. The Kier molecular flexibility index (Phi) is 6.05. The Morgan fingerprint density at radius 3 is 2.19 bits per heavy atom. The van der Waals surface area contributed by atoms with E-state index in [1.165, 1.54) is 12.1 Å². The summed E-state index contributed by atoms with van der Waals surface area (Å²) >= 11 is 0. The number of nitrogens with one attached hydrogen (secondary N) is 1. The number of amides is 1. The molecule has 4 rings (SSSR count). The van der Waals surface area contributed by atoms with Gasteiger partial charge in [-0.3, -0.25) is 4.79 Å². The minimum Gasteiger partial charge on any atom is -0.380 e. The third-order valence-electron chi connectivity index (χ3n) is 6.01. The molecule has 0 bridgehead atoms. The highest BCUT2D eigenvalue weighted by molar-refractivity contribution is 5.94. The van der Waals surface area contributed by atoms with Crippen LogP contribution in [0.3, 0.4) is 0 Å². The van der Waals surface area contributed by atoms with Crippen LogP contribution in [0.4, 0.5) is 13.2 Å². The Labute approximate surface area is 178 Å². The fourth-order valence-electron chi connectivity index (χ4n) is 3.93. The van der Waals surface area contributed by atoms with Gasteiger partial charge in [0.15, 0.2) is 0 Å². The number of carbonyl (C=O) groups is 1. The van der Waals surface area contributed by atoms with Crippen LogP contribution in [0.2, 0.25) is 0 Å². The van der Waals surface area contributed by atoms with Gasteiger partial charge in [0.25, 0.3) is 5.91 Å². The largest absolute Gasteiger partial charge is 0.416 e. The van der Waals surface area contributed by atoms with Crippen molar-refractivity contribution in [2.75, 3.05) is 26.3 Å². The van der Waals surface area contributed by atoms with E-state index < -0.39 is 17.3 Å². The van der Waals surface area contributed by atoms with Gasteiger partial charge in [0, 0.05) is 31.2 Å². The zero-order valence-electron chi connectivity index (χ0n) is 17.0. The van der Waals surface area contributed by atoms with Crippen molar-refractivity contribution < 1.29 is 27.8 Å². The Hall–Kier alpha value is -2.42. The molecule has 2 heterocycles. The van der Waals surface area contributed by atoms with Crippen molar-refractivity contribution in [3.63, 3.8) is 0 Å². The monoisotopic (exact) mass is 434 g/mol. The second kappa shape index (κ2) is 8.61.